The van der Waals surface area contributed by atoms with Gasteiger partial charge in [0.2, 0.25) is 0 Å². The Morgan fingerprint density at radius 2 is 2.07 bits per heavy atom. The van der Waals surface area contributed by atoms with Crippen molar-refractivity contribution in [1.82, 2.24) is 0 Å². The molecule has 0 amide bonds. The van der Waals surface area contributed by atoms with Crippen molar-refractivity contribution in [1.29, 1.82) is 0 Å². The number of aliphatic hydroxyl groups is 1. The molecule has 5 nitrogen and oxygen atoms in total. The van der Waals surface area contributed by atoms with Crippen molar-refractivity contribution in [3.05, 3.63) is 23.8 Å². The fraction of sp³-hybridized carbons (Fsp3) is 0.300. The van der Waals surface area contributed by atoms with Gasteiger partial charge in [0, 0.05) is 0 Å². The maximum absolute atomic E-state index is 11.1. The second-order valence-electron chi connectivity index (χ2n) is 2.90. The number of carbonyl (C=O) groups excluding carboxylic acids is 1. The van der Waals surface area contributed by atoms with Gasteiger partial charge in [0.1, 0.15) is 0 Å². The van der Waals surface area contributed by atoms with Gasteiger partial charge in [0.05, 0.1) is 6.61 Å². The second-order valence-corrected chi connectivity index (χ2v) is 2.90. The van der Waals surface area contributed by atoms with Crippen LogP contribution in [-0.4, -0.2) is 27.9 Å². The van der Waals surface area contributed by atoms with Crippen molar-refractivity contribution in [2.24, 2.45) is 0 Å². The van der Waals surface area contributed by atoms with Crippen LogP contribution < -0.4 is 0 Å². The number of hydrogen-bond donors (Lipinski definition) is 3. The summed E-state index contributed by atoms with van der Waals surface area (Å²) in [6.45, 7) is 1.79. The molecule has 0 spiro atoms. The van der Waals surface area contributed by atoms with Crippen LogP contribution in [0, 0.1) is 0 Å². The number of benzene rings is 1. The van der Waals surface area contributed by atoms with Crippen molar-refractivity contribution in [2.75, 3.05) is 6.61 Å². The first kappa shape index (κ1) is 11.3. The molecule has 5 heteroatoms. The molecular formula is C10H12O5. The lowest BCUT2D eigenvalue weighted by Crippen LogP contribution is -2.15. The Hall–Kier alpha value is -1.75. The summed E-state index contributed by atoms with van der Waals surface area (Å²) in [6.07, 6.45) is -1.45. The standard InChI is InChI=1S/C10H12O5/c1-2-15-10(14)9(13)6-3-4-7(11)8(12)5-6/h3-5,9,11-13H,2H2,1H3. The number of rotatable bonds is 3. The minimum atomic E-state index is -1.45. The molecule has 1 aromatic carbocycles. The van der Waals surface area contributed by atoms with E-state index in [-0.39, 0.29) is 17.9 Å². The van der Waals surface area contributed by atoms with E-state index in [2.05, 4.69) is 4.74 Å². The van der Waals surface area contributed by atoms with Crippen molar-refractivity contribution in [2.45, 2.75) is 13.0 Å². The molecular weight excluding hydrogens is 200 g/mol. The van der Waals surface area contributed by atoms with E-state index in [1.165, 1.54) is 12.1 Å². The molecule has 0 saturated heterocycles. The van der Waals surface area contributed by atoms with Crippen LogP contribution in [0.2, 0.25) is 0 Å². The fourth-order valence-corrected chi connectivity index (χ4v) is 1.07. The number of aliphatic hydroxyl groups excluding tert-OH is 1. The quantitative estimate of drug-likeness (QED) is 0.507. The highest BCUT2D eigenvalue weighted by atomic mass is 16.5. The van der Waals surface area contributed by atoms with Crippen LogP contribution in [0.15, 0.2) is 18.2 Å². The van der Waals surface area contributed by atoms with Crippen molar-refractivity contribution in [3.63, 3.8) is 0 Å². The zero-order valence-electron chi connectivity index (χ0n) is 8.17. The first-order valence-corrected chi connectivity index (χ1v) is 4.42. The van der Waals surface area contributed by atoms with Gasteiger partial charge in [0.15, 0.2) is 17.6 Å². The molecule has 15 heavy (non-hydrogen) atoms. The molecule has 3 N–H and O–H groups in total. The predicted molar refractivity (Wildman–Crippen MR) is 51.4 cm³/mol. The van der Waals surface area contributed by atoms with Gasteiger partial charge >= 0.3 is 5.97 Å². The Labute approximate surface area is 86.5 Å². The number of ether oxygens (including phenoxy) is 1. The molecule has 0 radical (unpaired) electrons. The summed E-state index contributed by atoms with van der Waals surface area (Å²) in [5.41, 5.74) is 0.170. The zero-order chi connectivity index (χ0) is 11.4. The minimum Gasteiger partial charge on any atom is -0.504 e. The third kappa shape index (κ3) is 2.60. The molecule has 0 saturated carbocycles. The van der Waals surface area contributed by atoms with Crippen LogP contribution >= 0.6 is 0 Å². The normalized spacial score (nSPS) is 12.1. The van der Waals surface area contributed by atoms with E-state index in [9.17, 15) is 9.90 Å². The first-order valence-electron chi connectivity index (χ1n) is 4.42. The highest BCUT2D eigenvalue weighted by Gasteiger charge is 2.19. The largest absolute Gasteiger partial charge is 0.504 e. The third-order valence-corrected chi connectivity index (χ3v) is 1.83. The Morgan fingerprint density at radius 1 is 1.40 bits per heavy atom. The summed E-state index contributed by atoms with van der Waals surface area (Å²) in [7, 11) is 0. The third-order valence-electron chi connectivity index (χ3n) is 1.83. The van der Waals surface area contributed by atoms with E-state index in [1.54, 1.807) is 6.92 Å². The number of phenols is 2. The molecule has 0 aliphatic heterocycles. The Bertz CT molecular complexity index is 361. The number of phenolic OH excluding ortho intramolecular Hbond substituents is 2. The lowest BCUT2D eigenvalue weighted by atomic mass is 10.1. The molecule has 0 aromatic heterocycles. The second kappa shape index (κ2) is 4.65. The average Bonchev–Trinajstić information content (AvgIpc) is 2.21. The van der Waals surface area contributed by atoms with E-state index in [4.69, 9.17) is 10.2 Å². The van der Waals surface area contributed by atoms with Crippen molar-refractivity contribution in [3.8, 4) is 11.5 Å². The topological polar surface area (TPSA) is 87.0 Å². The van der Waals surface area contributed by atoms with Gasteiger partial charge in [-0.15, -0.1) is 0 Å². The summed E-state index contributed by atoms with van der Waals surface area (Å²) in [6, 6.07) is 3.63. The van der Waals surface area contributed by atoms with Gasteiger partial charge in [-0.3, -0.25) is 0 Å². The van der Waals surface area contributed by atoms with Crippen LogP contribution in [0.1, 0.15) is 18.6 Å². The number of carbonyl (C=O) groups is 1. The smallest absolute Gasteiger partial charge is 0.339 e. The number of hydrogen-bond acceptors (Lipinski definition) is 5. The van der Waals surface area contributed by atoms with Gasteiger partial charge in [-0.05, 0) is 24.6 Å². The predicted octanol–water partition coefficient (Wildman–Crippen LogP) is 0.694. The van der Waals surface area contributed by atoms with Crippen LogP contribution in [0.4, 0.5) is 0 Å². The van der Waals surface area contributed by atoms with Crippen LogP contribution in [0.25, 0.3) is 0 Å². The van der Waals surface area contributed by atoms with E-state index in [0.29, 0.717) is 0 Å². The van der Waals surface area contributed by atoms with Gasteiger partial charge in [-0.1, -0.05) is 6.07 Å². The highest BCUT2D eigenvalue weighted by molar-refractivity contribution is 5.76. The lowest BCUT2D eigenvalue weighted by molar-refractivity contribution is -0.153. The molecule has 1 rings (SSSR count). The Morgan fingerprint density at radius 3 is 2.60 bits per heavy atom. The Kier molecular flexibility index (Phi) is 3.51. The van der Waals surface area contributed by atoms with Crippen LogP contribution in [0.5, 0.6) is 11.5 Å². The van der Waals surface area contributed by atoms with Gasteiger partial charge in [-0.25, -0.2) is 4.79 Å². The van der Waals surface area contributed by atoms with Gasteiger partial charge in [-0.2, -0.15) is 0 Å². The molecule has 0 fully saturated rings. The summed E-state index contributed by atoms with van der Waals surface area (Å²) in [5, 5.41) is 27.6. The number of esters is 1. The lowest BCUT2D eigenvalue weighted by Gasteiger charge is -2.10. The minimum absolute atomic E-state index is 0.167. The van der Waals surface area contributed by atoms with Crippen molar-refractivity contribution < 1.29 is 24.9 Å². The summed E-state index contributed by atoms with van der Waals surface area (Å²) < 4.78 is 4.60. The maximum atomic E-state index is 11.1. The van der Waals surface area contributed by atoms with Crippen molar-refractivity contribution >= 4 is 5.97 Å². The zero-order valence-corrected chi connectivity index (χ0v) is 8.17. The first-order chi connectivity index (χ1) is 7.06. The highest BCUT2D eigenvalue weighted by Crippen LogP contribution is 2.28. The van der Waals surface area contributed by atoms with Gasteiger partial charge in [0.25, 0.3) is 0 Å². The average molecular weight is 212 g/mol. The molecule has 0 aliphatic carbocycles. The van der Waals surface area contributed by atoms with Gasteiger partial charge < -0.3 is 20.1 Å². The van der Waals surface area contributed by atoms with E-state index in [0.717, 1.165) is 6.07 Å². The van der Waals surface area contributed by atoms with E-state index < -0.39 is 17.8 Å². The molecule has 1 atom stereocenters. The molecule has 82 valence electrons. The summed E-state index contributed by atoms with van der Waals surface area (Å²) in [5.74, 6) is -1.49. The van der Waals surface area contributed by atoms with Crippen LogP contribution in [0.3, 0.4) is 0 Å². The maximum Gasteiger partial charge on any atom is 0.339 e. The SMILES string of the molecule is CCOC(=O)C(O)c1ccc(O)c(O)c1. The Balaban J connectivity index is 2.86. The molecule has 1 unspecified atom stereocenters. The molecule has 0 aliphatic rings. The molecule has 1 aromatic rings. The summed E-state index contributed by atoms with van der Waals surface area (Å²) in [4.78, 5) is 11.1. The van der Waals surface area contributed by atoms with E-state index >= 15 is 0 Å². The number of aromatic hydroxyl groups is 2. The van der Waals surface area contributed by atoms with E-state index in [1.807, 2.05) is 0 Å². The molecule has 0 bridgehead atoms. The van der Waals surface area contributed by atoms with Crippen LogP contribution in [-0.2, 0) is 9.53 Å². The molecule has 0 heterocycles. The fourth-order valence-electron chi connectivity index (χ4n) is 1.07. The monoisotopic (exact) mass is 212 g/mol. The summed E-state index contributed by atoms with van der Waals surface area (Å²) >= 11 is 0.